The summed E-state index contributed by atoms with van der Waals surface area (Å²) in [5.74, 6) is 1.28. The van der Waals surface area contributed by atoms with Crippen LogP contribution in [0.4, 0.5) is 5.69 Å². The summed E-state index contributed by atoms with van der Waals surface area (Å²) < 4.78 is 11.7. The molecular weight excluding hydrogens is 402 g/mol. The van der Waals surface area contributed by atoms with E-state index in [-0.39, 0.29) is 5.56 Å². The summed E-state index contributed by atoms with van der Waals surface area (Å²) in [6.07, 6.45) is 1.76. The number of ether oxygens (including phenoxy) is 2. The Bertz CT molecular complexity index is 1200. The molecule has 0 atom stereocenters. The van der Waals surface area contributed by atoms with Gasteiger partial charge >= 0.3 is 5.97 Å². The molecule has 0 radical (unpaired) electrons. The molecular formula is C27H21NO4. The highest BCUT2D eigenvalue weighted by atomic mass is 16.5. The van der Waals surface area contributed by atoms with Crippen molar-refractivity contribution in [3.05, 3.63) is 120 Å². The average molecular weight is 423 g/mol. The van der Waals surface area contributed by atoms with Crippen molar-refractivity contribution in [2.24, 2.45) is 4.99 Å². The fourth-order valence-electron chi connectivity index (χ4n) is 2.99. The van der Waals surface area contributed by atoms with Crippen LogP contribution in [0.3, 0.4) is 0 Å². The number of hydrogen-bond acceptors (Lipinski definition) is 4. The summed E-state index contributed by atoms with van der Waals surface area (Å²) in [4.78, 5) is 15.5. The van der Waals surface area contributed by atoms with E-state index in [1.165, 1.54) is 0 Å². The molecule has 0 unspecified atom stereocenters. The lowest BCUT2D eigenvalue weighted by molar-refractivity contribution is 0.0697. The normalized spacial score (nSPS) is 10.8. The van der Waals surface area contributed by atoms with Gasteiger partial charge in [0.25, 0.3) is 0 Å². The smallest absolute Gasteiger partial charge is 0.335 e. The van der Waals surface area contributed by atoms with E-state index < -0.39 is 5.97 Å². The van der Waals surface area contributed by atoms with Crippen LogP contribution in [0, 0.1) is 0 Å². The Hall–Kier alpha value is -4.38. The van der Waals surface area contributed by atoms with Crippen LogP contribution in [0.5, 0.6) is 17.2 Å². The highest BCUT2D eigenvalue weighted by Crippen LogP contribution is 2.24. The number of benzene rings is 4. The molecule has 0 heterocycles. The van der Waals surface area contributed by atoms with Gasteiger partial charge in [-0.3, -0.25) is 4.99 Å². The highest BCUT2D eigenvalue weighted by molar-refractivity contribution is 5.87. The molecule has 0 fully saturated rings. The molecule has 0 aliphatic heterocycles. The van der Waals surface area contributed by atoms with E-state index in [1.54, 1.807) is 30.5 Å². The molecule has 0 bridgehead atoms. The number of carboxylic acids is 1. The van der Waals surface area contributed by atoms with Crippen LogP contribution in [-0.4, -0.2) is 17.3 Å². The van der Waals surface area contributed by atoms with E-state index in [2.05, 4.69) is 4.99 Å². The van der Waals surface area contributed by atoms with Gasteiger partial charge in [-0.05, 0) is 66.2 Å². The number of carbonyl (C=O) groups is 1. The van der Waals surface area contributed by atoms with Gasteiger partial charge in [-0.15, -0.1) is 0 Å². The second kappa shape index (κ2) is 10.1. The molecule has 158 valence electrons. The molecule has 4 aromatic rings. The van der Waals surface area contributed by atoms with Crippen LogP contribution >= 0.6 is 0 Å². The van der Waals surface area contributed by atoms with Gasteiger partial charge in [0.2, 0.25) is 0 Å². The van der Waals surface area contributed by atoms with E-state index in [1.807, 2.05) is 78.9 Å². The molecule has 0 aromatic heterocycles. The Morgan fingerprint density at radius 3 is 2.16 bits per heavy atom. The van der Waals surface area contributed by atoms with Crippen molar-refractivity contribution in [3.63, 3.8) is 0 Å². The van der Waals surface area contributed by atoms with E-state index in [0.29, 0.717) is 12.4 Å². The summed E-state index contributed by atoms with van der Waals surface area (Å²) in [6, 6.07) is 31.4. The summed E-state index contributed by atoms with van der Waals surface area (Å²) in [5, 5.41) is 9.00. The average Bonchev–Trinajstić information content (AvgIpc) is 2.84. The van der Waals surface area contributed by atoms with E-state index >= 15 is 0 Å². The van der Waals surface area contributed by atoms with Crippen molar-refractivity contribution in [2.45, 2.75) is 6.61 Å². The maximum absolute atomic E-state index is 11.0. The first kappa shape index (κ1) is 20.9. The highest BCUT2D eigenvalue weighted by Gasteiger charge is 2.04. The zero-order chi connectivity index (χ0) is 22.2. The zero-order valence-corrected chi connectivity index (χ0v) is 17.2. The number of carboxylic acid groups (broad SMARTS) is 1. The first-order chi connectivity index (χ1) is 15.7. The number of hydrogen-bond donors (Lipinski definition) is 1. The molecule has 0 spiro atoms. The number of para-hydroxylation sites is 2. The minimum atomic E-state index is -0.946. The Morgan fingerprint density at radius 1 is 0.781 bits per heavy atom. The SMILES string of the molecule is O=C(O)c1ccc(COc2ccccc2C=Nc2ccc(Oc3ccccc3)cc2)cc1. The van der Waals surface area contributed by atoms with Crippen molar-refractivity contribution in [1.82, 2.24) is 0 Å². The number of rotatable bonds is 8. The van der Waals surface area contributed by atoms with E-state index in [0.717, 1.165) is 28.3 Å². The molecule has 5 heteroatoms. The van der Waals surface area contributed by atoms with E-state index in [4.69, 9.17) is 14.6 Å². The second-order valence-electron chi connectivity index (χ2n) is 7.00. The standard InChI is InChI=1S/C27H21NO4/c29-27(30)21-12-10-20(11-13-21)19-31-26-9-5-4-6-22(26)18-28-23-14-16-25(17-15-23)32-24-7-2-1-3-8-24/h1-18H,19H2,(H,29,30). The second-order valence-corrected chi connectivity index (χ2v) is 7.00. The van der Waals surface area contributed by atoms with Gasteiger partial charge in [0.05, 0.1) is 11.3 Å². The Morgan fingerprint density at radius 2 is 1.44 bits per heavy atom. The Balaban J connectivity index is 1.40. The fraction of sp³-hybridized carbons (Fsp3) is 0.0370. The van der Waals surface area contributed by atoms with Crippen LogP contribution in [0.1, 0.15) is 21.5 Å². The fourth-order valence-corrected chi connectivity index (χ4v) is 2.99. The third-order valence-corrected chi connectivity index (χ3v) is 4.68. The lowest BCUT2D eigenvalue weighted by atomic mass is 10.1. The maximum atomic E-state index is 11.0. The predicted octanol–water partition coefficient (Wildman–Crippen LogP) is 6.51. The molecule has 0 aliphatic carbocycles. The van der Waals surface area contributed by atoms with Gasteiger partial charge in [-0.2, -0.15) is 0 Å². The van der Waals surface area contributed by atoms with Gasteiger partial charge in [0, 0.05) is 11.8 Å². The minimum absolute atomic E-state index is 0.251. The monoisotopic (exact) mass is 423 g/mol. The maximum Gasteiger partial charge on any atom is 0.335 e. The van der Waals surface area contributed by atoms with Crippen LogP contribution < -0.4 is 9.47 Å². The van der Waals surface area contributed by atoms with E-state index in [9.17, 15) is 4.79 Å². The summed E-state index contributed by atoms with van der Waals surface area (Å²) in [7, 11) is 0. The minimum Gasteiger partial charge on any atom is -0.488 e. The Kier molecular flexibility index (Phi) is 6.58. The summed E-state index contributed by atoms with van der Waals surface area (Å²) >= 11 is 0. The van der Waals surface area contributed by atoms with Crippen LogP contribution in [-0.2, 0) is 6.61 Å². The zero-order valence-electron chi connectivity index (χ0n) is 17.2. The third-order valence-electron chi connectivity index (χ3n) is 4.68. The van der Waals surface area contributed by atoms with Crippen molar-refractivity contribution < 1.29 is 19.4 Å². The molecule has 0 amide bonds. The molecule has 1 N–H and O–H groups in total. The van der Waals surface area contributed by atoms with Crippen LogP contribution in [0.25, 0.3) is 0 Å². The summed E-state index contributed by atoms with van der Waals surface area (Å²) in [5.41, 5.74) is 2.78. The summed E-state index contributed by atoms with van der Waals surface area (Å²) in [6.45, 7) is 0.330. The van der Waals surface area contributed by atoms with Crippen molar-refractivity contribution in [1.29, 1.82) is 0 Å². The molecule has 4 rings (SSSR count). The lowest BCUT2D eigenvalue weighted by Crippen LogP contribution is -2.00. The lowest BCUT2D eigenvalue weighted by Gasteiger charge is -2.09. The molecule has 0 aliphatic rings. The first-order valence-electron chi connectivity index (χ1n) is 10.1. The van der Waals surface area contributed by atoms with Crippen molar-refractivity contribution >= 4 is 17.9 Å². The van der Waals surface area contributed by atoms with Crippen LogP contribution in [0.15, 0.2) is 108 Å². The van der Waals surface area contributed by atoms with Gasteiger partial charge < -0.3 is 14.6 Å². The topological polar surface area (TPSA) is 68.1 Å². The first-order valence-corrected chi connectivity index (χ1v) is 10.1. The van der Waals surface area contributed by atoms with Gasteiger partial charge in [-0.1, -0.05) is 42.5 Å². The molecule has 32 heavy (non-hydrogen) atoms. The molecule has 0 saturated heterocycles. The van der Waals surface area contributed by atoms with Gasteiger partial charge in [0.1, 0.15) is 23.9 Å². The molecule has 4 aromatic carbocycles. The van der Waals surface area contributed by atoms with Crippen LogP contribution in [0.2, 0.25) is 0 Å². The number of aliphatic imine (C=N–C) groups is 1. The number of aromatic carboxylic acids is 1. The quantitative estimate of drug-likeness (QED) is 0.328. The third kappa shape index (κ3) is 5.61. The van der Waals surface area contributed by atoms with Crippen molar-refractivity contribution in [3.8, 4) is 17.2 Å². The van der Waals surface area contributed by atoms with Gasteiger partial charge in [-0.25, -0.2) is 4.79 Å². The number of nitrogens with zero attached hydrogens (tertiary/aromatic N) is 1. The molecule has 0 saturated carbocycles. The van der Waals surface area contributed by atoms with Gasteiger partial charge in [0.15, 0.2) is 0 Å². The molecule has 5 nitrogen and oxygen atoms in total. The predicted molar refractivity (Wildman–Crippen MR) is 124 cm³/mol. The largest absolute Gasteiger partial charge is 0.488 e. The Labute approximate surface area is 186 Å². The van der Waals surface area contributed by atoms with Crippen molar-refractivity contribution in [2.75, 3.05) is 0 Å².